The van der Waals surface area contributed by atoms with Gasteiger partial charge in [0.1, 0.15) is 24.4 Å². The molecule has 4 atom stereocenters. The molecule has 0 aromatic heterocycles. The van der Waals surface area contributed by atoms with E-state index in [2.05, 4.69) is 0 Å². The van der Waals surface area contributed by atoms with Crippen LogP contribution in [0, 0.1) is 0 Å². The molecular weight excluding hydrogens is 320 g/mol. The number of aliphatic hydroxyl groups is 6. The van der Waals surface area contributed by atoms with E-state index in [1.165, 1.54) is 0 Å². The number of rotatable bonds is 5. The topological polar surface area (TPSA) is 202 Å². The van der Waals surface area contributed by atoms with Crippen LogP contribution >= 0.6 is 0 Å². The van der Waals surface area contributed by atoms with Crippen LogP contribution in [0.5, 0.6) is 0 Å². The third kappa shape index (κ3) is 14.2. The molecule has 0 aromatic rings. The number of hydrogen-bond acceptors (Lipinski definition) is 10. The summed E-state index contributed by atoms with van der Waals surface area (Å²) in [6.45, 7) is -1.45. The van der Waals surface area contributed by atoms with E-state index in [0.29, 0.717) is 0 Å². The van der Waals surface area contributed by atoms with Gasteiger partial charge >= 0.3 is 17.1 Å². The summed E-state index contributed by atoms with van der Waals surface area (Å²) in [5, 5.41) is 52.2. The smallest absolute Gasteiger partial charge is 0.759 e. The molecule has 0 saturated carbocycles. The van der Waals surface area contributed by atoms with Crippen LogP contribution in [0.4, 0.5) is 0 Å². The average Bonchev–Trinajstić information content (AvgIpc) is 2.22. The van der Waals surface area contributed by atoms with Gasteiger partial charge in [0, 0.05) is 10.4 Å². The average molecular weight is 334 g/mol. The SMILES string of the molecule is O=S(=O)([O-])[O-].OC[C@@H](O)[C@@H](O)[C@H](O)[C@@H](O)CO.[Fe+2]. The molecule has 6 N–H and O–H groups in total. The van der Waals surface area contributed by atoms with Crippen molar-refractivity contribution < 1.29 is 65.2 Å². The largest absolute Gasteiger partial charge is 2.00 e. The normalized spacial score (nSPS) is 17.6. The van der Waals surface area contributed by atoms with E-state index in [1.807, 2.05) is 0 Å². The molecule has 0 amide bonds. The summed E-state index contributed by atoms with van der Waals surface area (Å²) >= 11 is 0. The van der Waals surface area contributed by atoms with E-state index in [9.17, 15) is 0 Å². The molecule has 0 aliphatic carbocycles. The predicted molar refractivity (Wildman–Crippen MR) is 48.7 cm³/mol. The minimum Gasteiger partial charge on any atom is -0.759 e. The van der Waals surface area contributed by atoms with Crippen LogP contribution in [-0.2, 0) is 27.5 Å². The van der Waals surface area contributed by atoms with E-state index in [4.69, 9.17) is 48.2 Å². The van der Waals surface area contributed by atoms with Crippen molar-refractivity contribution in [1.29, 1.82) is 0 Å². The Kier molecular flexibility index (Phi) is 14.2. The quantitative estimate of drug-likeness (QED) is 0.161. The van der Waals surface area contributed by atoms with Gasteiger partial charge < -0.3 is 39.7 Å². The molecule has 0 fully saturated rings. The summed E-state index contributed by atoms with van der Waals surface area (Å²) in [6.07, 6.45) is -6.39. The van der Waals surface area contributed by atoms with Crippen molar-refractivity contribution in [2.45, 2.75) is 24.4 Å². The van der Waals surface area contributed by atoms with Crippen LogP contribution < -0.4 is 0 Å². The van der Waals surface area contributed by atoms with Crippen molar-refractivity contribution >= 4 is 10.4 Å². The van der Waals surface area contributed by atoms with Crippen LogP contribution in [0.25, 0.3) is 0 Å². The molecule has 0 unspecified atom stereocenters. The Morgan fingerprint density at radius 2 is 1.00 bits per heavy atom. The van der Waals surface area contributed by atoms with Crippen molar-refractivity contribution in [3.63, 3.8) is 0 Å². The molecule has 0 heterocycles. The monoisotopic (exact) mass is 334 g/mol. The van der Waals surface area contributed by atoms with Gasteiger partial charge in [-0.15, -0.1) is 0 Å². The number of hydrogen-bond donors (Lipinski definition) is 6. The Labute approximate surface area is 114 Å². The zero-order valence-electron chi connectivity index (χ0n) is 8.80. The van der Waals surface area contributed by atoms with Gasteiger partial charge in [0.05, 0.1) is 13.2 Å². The summed E-state index contributed by atoms with van der Waals surface area (Å²) in [7, 11) is -5.17. The Hall–Kier alpha value is 0.149. The summed E-state index contributed by atoms with van der Waals surface area (Å²) in [5.41, 5.74) is 0. The maximum atomic E-state index is 8.96. The first-order valence-electron chi connectivity index (χ1n) is 4.15. The first kappa shape index (κ1) is 23.3. The van der Waals surface area contributed by atoms with Gasteiger partial charge in [-0.3, -0.25) is 8.42 Å². The molecule has 0 aromatic carbocycles. The van der Waals surface area contributed by atoms with E-state index < -0.39 is 48.0 Å². The van der Waals surface area contributed by atoms with Crippen LogP contribution in [0.1, 0.15) is 0 Å². The zero-order valence-corrected chi connectivity index (χ0v) is 10.7. The molecule has 12 heteroatoms. The second-order valence-corrected chi connectivity index (χ2v) is 3.71. The molecule has 0 aliphatic heterocycles. The molecule has 18 heavy (non-hydrogen) atoms. The molecule has 0 spiro atoms. The fourth-order valence-electron chi connectivity index (χ4n) is 0.671. The van der Waals surface area contributed by atoms with E-state index in [0.717, 1.165) is 0 Å². The van der Waals surface area contributed by atoms with E-state index >= 15 is 0 Å². The van der Waals surface area contributed by atoms with Gasteiger partial charge in [-0.2, -0.15) is 0 Å². The van der Waals surface area contributed by atoms with Gasteiger partial charge in [-0.05, 0) is 0 Å². The zero-order chi connectivity index (χ0) is 14.2. The maximum Gasteiger partial charge on any atom is 2.00 e. The van der Waals surface area contributed by atoms with Gasteiger partial charge in [0.2, 0.25) is 0 Å². The van der Waals surface area contributed by atoms with Gasteiger partial charge in [-0.1, -0.05) is 0 Å². The van der Waals surface area contributed by atoms with Crippen molar-refractivity contribution in [2.75, 3.05) is 13.2 Å². The molecule has 0 aliphatic rings. The maximum absolute atomic E-state index is 8.96. The van der Waals surface area contributed by atoms with E-state index in [1.54, 1.807) is 0 Å². The van der Waals surface area contributed by atoms with Crippen molar-refractivity contribution in [3.8, 4) is 0 Å². The molecule has 112 valence electrons. The molecule has 10 nitrogen and oxygen atoms in total. The summed E-state index contributed by atoms with van der Waals surface area (Å²) < 4.78 is 34.1. The van der Waals surface area contributed by atoms with Gasteiger partial charge in [-0.25, -0.2) is 0 Å². The van der Waals surface area contributed by atoms with Gasteiger partial charge in [0.25, 0.3) is 0 Å². The van der Waals surface area contributed by atoms with Crippen molar-refractivity contribution in [1.82, 2.24) is 0 Å². The molecule has 0 saturated heterocycles. The molecular formula is C6H14FeO10S. The van der Waals surface area contributed by atoms with Crippen LogP contribution in [0.15, 0.2) is 0 Å². The Morgan fingerprint density at radius 3 is 1.11 bits per heavy atom. The third-order valence-corrected chi connectivity index (χ3v) is 1.51. The van der Waals surface area contributed by atoms with Crippen molar-refractivity contribution in [3.05, 3.63) is 0 Å². The Balaban J connectivity index is -0.000000321. The standard InChI is InChI=1S/C6H14O6.Fe.H2O4S/c7-1-3(9)5(11)6(12)4(10)2-8;;1-5(2,3)4/h3-12H,1-2H2;;(H2,1,2,3,4)/q;+2;/p-2/t3-,4+,5-,6-;;/m1../s1. The fourth-order valence-corrected chi connectivity index (χ4v) is 0.671. The molecule has 0 bridgehead atoms. The fraction of sp³-hybridized carbons (Fsp3) is 1.00. The second kappa shape index (κ2) is 11.0. The van der Waals surface area contributed by atoms with Crippen LogP contribution in [0.3, 0.4) is 0 Å². The Morgan fingerprint density at radius 1 is 0.833 bits per heavy atom. The first-order chi connectivity index (χ1) is 7.54. The summed E-state index contributed by atoms with van der Waals surface area (Å²) in [6, 6.07) is 0. The molecule has 0 radical (unpaired) electrons. The van der Waals surface area contributed by atoms with E-state index in [-0.39, 0.29) is 17.1 Å². The summed E-state index contributed by atoms with van der Waals surface area (Å²) in [4.78, 5) is 0. The summed E-state index contributed by atoms with van der Waals surface area (Å²) in [5.74, 6) is 0. The molecule has 0 rings (SSSR count). The third-order valence-electron chi connectivity index (χ3n) is 1.51. The van der Waals surface area contributed by atoms with Gasteiger partial charge in [0.15, 0.2) is 0 Å². The second-order valence-electron chi connectivity index (χ2n) is 2.89. The number of aliphatic hydroxyl groups excluding tert-OH is 6. The minimum absolute atomic E-state index is 0. The Bertz CT molecular complexity index is 260. The van der Waals surface area contributed by atoms with Crippen LogP contribution in [0.2, 0.25) is 0 Å². The van der Waals surface area contributed by atoms with Crippen molar-refractivity contribution in [2.24, 2.45) is 0 Å². The predicted octanol–water partition coefficient (Wildman–Crippen LogP) is -4.93. The first-order valence-corrected chi connectivity index (χ1v) is 5.48. The minimum atomic E-state index is -5.17. The van der Waals surface area contributed by atoms with Crippen LogP contribution in [-0.4, -0.2) is 85.8 Å².